The Balaban J connectivity index is 1.63. The van der Waals surface area contributed by atoms with Gasteiger partial charge in [0, 0.05) is 43.7 Å². The van der Waals surface area contributed by atoms with Gasteiger partial charge in [0.2, 0.25) is 5.95 Å². The van der Waals surface area contributed by atoms with Crippen molar-refractivity contribution in [1.29, 1.82) is 0 Å². The van der Waals surface area contributed by atoms with Crippen LogP contribution < -0.4 is 10.5 Å². The summed E-state index contributed by atoms with van der Waals surface area (Å²) in [5.41, 5.74) is 2.77. The molecule has 0 amide bonds. The Morgan fingerprint density at radius 3 is 2.65 bits per heavy atom. The molecule has 5 heteroatoms. The monoisotopic (exact) mass is 344 g/mol. The highest BCUT2D eigenvalue weighted by molar-refractivity contribution is 5.60. The molecule has 3 aromatic rings. The van der Waals surface area contributed by atoms with Crippen molar-refractivity contribution in [3.8, 4) is 11.3 Å². The number of hydrogen-bond donors (Lipinski definition) is 0. The molecule has 1 aliphatic heterocycles. The smallest absolute Gasteiger partial charge is 0.255 e. The molecule has 0 bridgehead atoms. The molecule has 0 saturated carbocycles. The number of rotatable bonds is 4. The summed E-state index contributed by atoms with van der Waals surface area (Å²) in [6.07, 6.45) is 8.60. The summed E-state index contributed by atoms with van der Waals surface area (Å²) < 4.78 is 1.77. The zero-order valence-corrected chi connectivity index (χ0v) is 14.5. The lowest BCUT2D eigenvalue weighted by atomic mass is 10.2. The fourth-order valence-corrected chi connectivity index (χ4v) is 3.19. The number of aromatic nitrogens is 3. The maximum Gasteiger partial charge on any atom is 0.255 e. The highest BCUT2D eigenvalue weighted by Gasteiger charge is 2.19. The molecule has 1 aliphatic rings. The molecule has 0 N–H and O–H groups in total. The van der Waals surface area contributed by atoms with Crippen LogP contribution in [0.25, 0.3) is 17.3 Å². The molecule has 4 rings (SSSR count). The van der Waals surface area contributed by atoms with Gasteiger partial charge in [-0.1, -0.05) is 42.5 Å². The van der Waals surface area contributed by atoms with E-state index in [9.17, 15) is 4.79 Å². The fraction of sp³-hybridized carbons (Fsp3) is 0.190. The van der Waals surface area contributed by atoms with Crippen LogP contribution in [0, 0.1) is 0 Å². The number of nitrogens with zero attached hydrogens (tertiary/aromatic N) is 4. The van der Waals surface area contributed by atoms with Gasteiger partial charge in [-0.05, 0) is 24.1 Å². The second-order valence-corrected chi connectivity index (χ2v) is 6.28. The van der Waals surface area contributed by atoms with E-state index in [1.165, 1.54) is 5.56 Å². The molecule has 0 atom stereocenters. The number of anilines is 1. The highest BCUT2D eigenvalue weighted by atomic mass is 16.1. The maximum absolute atomic E-state index is 12.6. The maximum atomic E-state index is 12.6. The zero-order valence-electron chi connectivity index (χ0n) is 14.5. The minimum Gasteiger partial charge on any atom is -0.338 e. The third kappa shape index (κ3) is 3.42. The van der Waals surface area contributed by atoms with Crippen LogP contribution >= 0.6 is 0 Å². The molecule has 0 fully saturated rings. The minimum absolute atomic E-state index is 0.00134. The Kier molecular flexibility index (Phi) is 4.60. The van der Waals surface area contributed by atoms with E-state index < -0.39 is 0 Å². The van der Waals surface area contributed by atoms with Crippen molar-refractivity contribution in [1.82, 2.24) is 14.5 Å². The lowest BCUT2D eigenvalue weighted by Gasteiger charge is -2.30. The van der Waals surface area contributed by atoms with Gasteiger partial charge in [0.15, 0.2) is 0 Å². The Bertz CT molecular complexity index is 964. The molecular weight excluding hydrogens is 324 g/mol. The lowest BCUT2D eigenvalue weighted by molar-refractivity contribution is 0.544. The predicted molar refractivity (Wildman–Crippen MR) is 104 cm³/mol. The highest BCUT2D eigenvalue weighted by Crippen LogP contribution is 2.21. The van der Waals surface area contributed by atoms with Gasteiger partial charge >= 0.3 is 0 Å². The van der Waals surface area contributed by atoms with Gasteiger partial charge in [-0.25, -0.2) is 4.98 Å². The molecule has 2 aromatic heterocycles. The van der Waals surface area contributed by atoms with Crippen LogP contribution in [0.5, 0.6) is 0 Å². The molecule has 130 valence electrons. The van der Waals surface area contributed by atoms with E-state index in [2.05, 4.69) is 34.2 Å². The van der Waals surface area contributed by atoms with Crippen molar-refractivity contribution in [2.75, 3.05) is 18.0 Å². The van der Waals surface area contributed by atoms with Crippen molar-refractivity contribution >= 4 is 12.0 Å². The molecule has 26 heavy (non-hydrogen) atoms. The number of pyridine rings is 1. The van der Waals surface area contributed by atoms with E-state index >= 15 is 0 Å². The van der Waals surface area contributed by atoms with E-state index in [4.69, 9.17) is 4.98 Å². The standard InChI is InChI=1S/C21H20N4O/c26-20-16-19(18-9-11-22-12-10-18)23-21-24(14-5-15-25(20)21)13-4-8-17-6-2-1-3-7-17/h1-4,6-12,16H,5,13-15H2/b8-4+. The van der Waals surface area contributed by atoms with Gasteiger partial charge in [-0.3, -0.25) is 14.3 Å². The Morgan fingerprint density at radius 2 is 1.85 bits per heavy atom. The lowest BCUT2D eigenvalue weighted by Crippen LogP contribution is -2.38. The normalized spacial score (nSPS) is 13.8. The van der Waals surface area contributed by atoms with Gasteiger partial charge in [0.1, 0.15) is 0 Å². The average molecular weight is 344 g/mol. The van der Waals surface area contributed by atoms with Gasteiger partial charge in [0.05, 0.1) is 5.69 Å². The van der Waals surface area contributed by atoms with Crippen molar-refractivity contribution in [3.05, 3.63) is 82.9 Å². The van der Waals surface area contributed by atoms with Crippen LogP contribution in [0.4, 0.5) is 5.95 Å². The topological polar surface area (TPSA) is 51.0 Å². The summed E-state index contributed by atoms with van der Waals surface area (Å²) in [6.45, 7) is 2.34. The molecule has 3 heterocycles. The van der Waals surface area contributed by atoms with Crippen molar-refractivity contribution in [2.24, 2.45) is 0 Å². The summed E-state index contributed by atoms with van der Waals surface area (Å²) in [4.78, 5) is 23.5. The molecule has 0 saturated heterocycles. The predicted octanol–water partition coefficient (Wildman–Crippen LogP) is 3.23. The van der Waals surface area contributed by atoms with E-state index in [1.807, 2.05) is 30.3 Å². The first-order valence-corrected chi connectivity index (χ1v) is 8.80. The van der Waals surface area contributed by atoms with Gasteiger partial charge in [-0.2, -0.15) is 0 Å². The van der Waals surface area contributed by atoms with Gasteiger partial charge in [-0.15, -0.1) is 0 Å². The van der Waals surface area contributed by atoms with Crippen LogP contribution in [-0.2, 0) is 6.54 Å². The average Bonchev–Trinajstić information content (AvgIpc) is 2.70. The SMILES string of the molecule is O=c1cc(-c2ccncc2)nc2n1CCCN2C/C=C/c1ccccc1. The molecule has 5 nitrogen and oxygen atoms in total. The van der Waals surface area contributed by atoms with Crippen LogP contribution in [0.3, 0.4) is 0 Å². The van der Waals surface area contributed by atoms with E-state index in [-0.39, 0.29) is 5.56 Å². The number of hydrogen-bond acceptors (Lipinski definition) is 4. The van der Waals surface area contributed by atoms with Crippen LogP contribution in [0.1, 0.15) is 12.0 Å². The van der Waals surface area contributed by atoms with Crippen molar-refractivity contribution < 1.29 is 0 Å². The number of benzene rings is 1. The summed E-state index contributed by atoms with van der Waals surface area (Å²) in [5, 5.41) is 0. The quantitative estimate of drug-likeness (QED) is 0.729. The largest absolute Gasteiger partial charge is 0.338 e. The third-order valence-electron chi connectivity index (χ3n) is 4.49. The van der Waals surface area contributed by atoms with Crippen molar-refractivity contribution in [2.45, 2.75) is 13.0 Å². The van der Waals surface area contributed by atoms with Crippen molar-refractivity contribution in [3.63, 3.8) is 0 Å². The first kappa shape index (κ1) is 16.3. The second-order valence-electron chi connectivity index (χ2n) is 6.28. The van der Waals surface area contributed by atoms with Crippen LogP contribution in [0.2, 0.25) is 0 Å². The number of fused-ring (bicyclic) bond motifs is 1. The summed E-state index contributed by atoms with van der Waals surface area (Å²) >= 11 is 0. The third-order valence-corrected chi connectivity index (χ3v) is 4.49. The molecule has 0 aliphatic carbocycles. The molecule has 1 aromatic carbocycles. The van der Waals surface area contributed by atoms with E-state index in [1.54, 1.807) is 23.0 Å². The summed E-state index contributed by atoms with van der Waals surface area (Å²) in [6, 6.07) is 15.6. The first-order valence-electron chi connectivity index (χ1n) is 8.80. The fourth-order valence-electron chi connectivity index (χ4n) is 3.19. The first-order chi connectivity index (χ1) is 12.8. The Hall–Kier alpha value is -3.21. The van der Waals surface area contributed by atoms with Gasteiger partial charge < -0.3 is 4.90 Å². The second kappa shape index (κ2) is 7.35. The van der Waals surface area contributed by atoms with Crippen LogP contribution in [0.15, 0.2) is 71.8 Å². The summed E-state index contributed by atoms with van der Waals surface area (Å²) in [7, 11) is 0. The van der Waals surface area contributed by atoms with E-state index in [0.717, 1.165) is 37.6 Å². The molecule has 0 unspecified atom stereocenters. The molecule has 0 spiro atoms. The van der Waals surface area contributed by atoms with Crippen LogP contribution in [-0.4, -0.2) is 27.6 Å². The molecule has 0 radical (unpaired) electrons. The van der Waals surface area contributed by atoms with Gasteiger partial charge in [0.25, 0.3) is 5.56 Å². The summed E-state index contributed by atoms with van der Waals surface area (Å²) in [5.74, 6) is 0.744. The Morgan fingerprint density at radius 1 is 1.04 bits per heavy atom. The van der Waals surface area contributed by atoms with E-state index in [0.29, 0.717) is 5.69 Å². The minimum atomic E-state index is -0.00134. The zero-order chi connectivity index (χ0) is 17.8. The Labute approximate surface area is 152 Å². The molecular formula is C21H20N4O.